The van der Waals surface area contributed by atoms with Crippen molar-refractivity contribution >= 4 is 11.9 Å². The third-order valence-electron chi connectivity index (χ3n) is 5.00. The van der Waals surface area contributed by atoms with Crippen molar-refractivity contribution in [3.8, 4) is 0 Å². The van der Waals surface area contributed by atoms with Crippen LogP contribution in [0.1, 0.15) is 20.8 Å². The van der Waals surface area contributed by atoms with Crippen molar-refractivity contribution in [3.05, 3.63) is 12.2 Å². The van der Waals surface area contributed by atoms with E-state index in [0.717, 1.165) is 0 Å². The highest BCUT2D eigenvalue weighted by Gasteiger charge is 2.76. The Kier molecular flexibility index (Phi) is 2.07. The summed E-state index contributed by atoms with van der Waals surface area (Å²) in [6.07, 6.45) is 3.36. The first kappa shape index (κ1) is 12.1. The topological polar surface area (TPSA) is 94.8 Å². The molecule has 0 aromatic rings. The van der Waals surface area contributed by atoms with Crippen LogP contribution >= 0.6 is 0 Å². The van der Waals surface area contributed by atoms with Crippen molar-refractivity contribution in [3.63, 3.8) is 0 Å². The molecule has 2 aliphatic carbocycles. The molecular weight excluding hydrogens is 224 g/mol. The maximum absolute atomic E-state index is 11.4. The fourth-order valence-corrected chi connectivity index (χ4v) is 3.51. The first-order valence-corrected chi connectivity index (χ1v) is 5.48. The fourth-order valence-electron chi connectivity index (χ4n) is 3.51. The number of hydrogen-bond acceptors (Lipinski definition) is 3. The predicted octanol–water partition coefficient (Wildman–Crippen LogP) is 0.735. The summed E-state index contributed by atoms with van der Waals surface area (Å²) in [4.78, 5) is 22.7. The van der Waals surface area contributed by atoms with Gasteiger partial charge in [0, 0.05) is 5.41 Å². The maximum atomic E-state index is 11.4. The molecule has 1 fully saturated rings. The molecule has 0 heterocycles. The average molecular weight is 240 g/mol. The van der Waals surface area contributed by atoms with Gasteiger partial charge in [0.2, 0.25) is 0 Å². The van der Waals surface area contributed by atoms with Crippen molar-refractivity contribution < 1.29 is 24.9 Å². The molecule has 2 aliphatic rings. The van der Waals surface area contributed by atoms with Gasteiger partial charge in [-0.2, -0.15) is 0 Å². The van der Waals surface area contributed by atoms with E-state index < -0.39 is 40.2 Å². The third-order valence-corrected chi connectivity index (χ3v) is 5.00. The quantitative estimate of drug-likeness (QED) is 0.619. The lowest BCUT2D eigenvalue weighted by molar-refractivity contribution is -0.184. The Morgan fingerprint density at radius 2 is 1.71 bits per heavy atom. The summed E-state index contributed by atoms with van der Waals surface area (Å²) in [6.45, 7) is 5.21. The van der Waals surface area contributed by atoms with E-state index in [9.17, 15) is 24.9 Å². The molecule has 17 heavy (non-hydrogen) atoms. The Morgan fingerprint density at radius 3 is 2.06 bits per heavy atom. The highest BCUT2D eigenvalue weighted by molar-refractivity contribution is 5.89. The number of hydrogen-bond donors (Lipinski definition) is 3. The van der Waals surface area contributed by atoms with Crippen molar-refractivity contribution in [2.75, 3.05) is 0 Å². The summed E-state index contributed by atoms with van der Waals surface area (Å²) in [6, 6.07) is 0. The minimum absolute atomic E-state index is 0.467. The number of carboxylic acids is 2. The monoisotopic (exact) mass is 240 g/mol. The van der Waals surface area contributed by atoms with Gasteiger partial charge in [-0.3, -0.25) is 4.79 Å². The van der Waals surface area contributed by atoms with Gasteiger partial charge in [-0.05, 0) is 11.3 Å². The minimum Gasteiger partial charge on any atom is -0.481 e. The lowest BCUT2D eigenvalue weighted by Crippen LogP contribution is -2.57. The van der Waals surface area contributed by atoms with E-state index >= 15 is 0 Å². The van der Waals surface area contributed by atoms with Gasteiger partial charge in [0.25, 0.3) is 0 Å². The number of rotatable bonds is 2. The molecule has 2 rings (SSSR count). The first-order valence-electron chi connectivity index (χ1n) is 5.48. The zero-order chi connectivity index (χ0) is 13.2. The molecule has 1 saturated carbocycles. The van der Waals surface area contributed by atoms with Crippen LogP contribution in [0.3, 0.4) is 0 Å². The van der Waals surface area contributed by atoms with Crippen LogP contribution < -0.4 is 0 Å². The molecule has 0 radical (unpaired) electrons. The van der Waals surface area contributed by atoms with Crippen LogP contribution in [0, 0.1) is 22.7 Å². The second kappa shape index (κ2) is 2.90. The first-order chi connectivity index (χ1) is 7.60. The Balaban J connectivity index is 2.70. The molecule has 3 N–H and O–H groups in total. The van der Waals surface area contributed by atoms with E-state index in [1.165, 1.54) is 0 Å². The summed E-state index contributed by atoms with van der Waals surface area (Å²) < 4.78 is 0. The Hall–Kier alpha value is -1.36. The second-order valence-electron chi connectivity index (χ2n) is 5.70. The van der Waals surface area contributed by atoms with Gasteiger partial charge in [0.05, 0.1) is 0 Å². The lowest BCUT2D eigenvalue weighted by Gasteiger charge is -2.41. The van der Waals surface area contributed by atoms with Crippen LogP contribution in [0.4, 0.5) is 0 Å². The second-order valence-corrected chi connectivity index (χ2v) is 5.70. The van der Waals surface area contributed by atoms with Crippen LogP contribution in [-0.4, -0.2) is 32.9 Å². The van der Waals surface area contributed by atoms with Gasteiger partial charge in [-0.15, -0.1) is 0 Å². The number of aliphatic hydroxyl groups is 1. The van der Waals surface area contributed by atoms with E-state index in [4.69, 9.17) is 0 Å². The van der Waals surface area contributed by atoms with Crippen LogP contribution in [-0.2, 0) is 9.59 Å². The number of fused-ring (bicyclic) bond motifs is 2. The van der Waals surface area contributed by atoms with E-state index in [1.807, 2.05) is 0 Å². The van der Waals surface area contributed by atoms with E-state index in [2.05, 4.69) is 0 Å². The molecule has 94 valence electrons. The van der Waals surface area contributed by atoms with Gasteiger partial charge >= 0.3 is 11.9 Å². The summed E-state index contributed by atoms with van der Waals surface area (Å²) in [5.74, 6) is -4.50. The van der Waals surface area contributed by atoms with Crippen LogP contribution in [0.15, 0.2) is 12.2 Å². The predicted molar refractivity (Wildman–Crippen MR) is 58.2 cm³/mol. The van der Waals surface area contributed by atoms with Crippen LogP contribution in [0.25, 0.3) is 0 Å². The zero-order valence-electron chi connectivity index (χ0n) is 9.97. The molecular formula is C12H16O5. The van der Waals surface area contributed by atoms with Crippen molar-refractivity contribution in [2.24, 2.45) is 22.7 Å². The molecule has 4 atom stereocenters. The number of carboxylic acid groups (broad SMARTS) is 2. The van der Waals surface area contributed by atoms with Crippen LogP contribution in [0.5, 0.6) is 0 Å². The molecule has 0 saturated heterocycles. The molecule has 0 aliphatic heterocycles. The molecule has 0 spiro atoms. The molecule has 1 unspecified atom stereocenters. The number of allylic oxidation sites excluding steroid dienone is 1. The van der Waals surface area contributed by atoms with Crippen molar-refractivity contribution in [2.45, 2.75) is 26.4 Å². The van der Waals surface area contributed by atoms with Gasteiger partial charge in [0.1, 0.15) is 5.92 Å². The highest BCUT2D eigenvalue weighted by atomic mass is 16.4. The lowest BCUT2D eigenvalue weighted by atomic mass is 9.64. The van der Waals surface area contributed by atoms with Gasteiger partial charge in [0.15, 0.2) is 5.60 Å². The Morgan fingerprint density at radius 1 is 1.18 bits per heavy atom. The number of carbonyl (C=O) groups is 2. The molecule has 0 amide bonds. The highest BCUT2D eigenvalue weighted by Crippen LogP contribution is 2.68. The van der Waals surface area contributed by atoms with Gasteiger partial charge < -0.3 is 15.3 Å². The minimum atomic E-state index is -2.25. The summed E-state index contributed by atoms with van der Waals surface area (Å²) in [5.41, 5.74) is -3.91. The van der Waals surface area contributed by atoms with Crippen molar-refractivity contribution in [1.29, 1.82) is 0 Å². The van der Waals surface area contributed by atoms with Crippen molar-refractivity contribution in [1.82, 2.24) is 0 Å². The summed E-state index contributed by atoms with van der Waals surface area (Å²) in [5, 5.41) is 28.9. The molecule has 5 heteroatoms. The van der Waals surface area contributed by atoms with Gasteiger partial charge in [-0.1, -0.05) is 32.9 Å². The van der Waals surface area contributed by atoms with E-state index in [0.29, 0.717) is 0 Å². The SMILES string of the molecule is CC1(C)[C@@H]2C=C[C@@]1(C)[C@](O)(C(=O)O)C2C(=O)O. The maximum Gasteiger partial charge on any atom is 0.337 e. The fraction of sp³-hybridized carbons (Fsp3) is 0.667. The van der Waals surface area contributed by atoms with Gasteiger partial charge in [-0.25, -0.2) is 4.79 Å². The molecule has 0 aromatic carbocycles. The Bertz CT molecular complexity index is 438. The van der Waals surface area contributed by atoms with E-state index in [1.54, 1.807) is 32.9 Å². The Labute approximate surface area is 98.8 Å². The van der Waals surface area contributed by atoms with Crippen LogP contribution in [0.2, 0.25) is 0 Å². The number of aliphatic carboxylic acids is 2. The summed E-state index contributed by atoms with van der Waals surface area (Å²) in [7, 11) is 0. The largest absolute Gasteiger partial charge is 0.481 e. The summed E-state index contributed by atoms with van der Waals surface area (Å²) >= 11 is 0. The average Bonchev–Trinajstić information content (AvgIpc) is 2.48. The molecule has 5 nitrogen and oxygen atoms in total. The molecule has 2 bridgehead atoms. The zero-order valence-corrected chi connectivity index (χ0v) is 9.97. The van der Waals surface area contributed by atoms with E-state index in [-0.39, 0.29) is 0 Å². The normalized spacial score (nSPS) is 46.1. The standard InChI is InChI=1S/C12H16O5/c1-10(2)6-4-5-11(10,3)12(17,9(15)16)7(6)8(13)14/h4-7,17H,1-3H3,(H,13,14)(H,15,16)/t6-,7?,11-,12-/m1/s1. The smallest absolute Gasteiger partial charge is 0.337 e. The third kappa shape index (κ3) is 0.989. The molecule has 0 aromatic heterocycles.